The molecule has 158 valence electrons. The van der Waals surface area contributed by atoms with E-state index in [1.54, 1.807) is 24.3 Å². The summed E-state index contributed by atoms with van der Waals surface area (Å²) >= 11 is 0. The number of amides is 1. The lowest BCUT2D eigenvalue weighted by atomic mass is 10.0. The maximum absolute atomic E-state index is 13.1. The van der Waals surface area contributed by atoms with Crippen LogP contribution >= 0.6 is 0 Å². The molecule has 3 aromatic carbocycles. The number of carbonyl (C=O) groups is 3. The first-order valence-electron chi connectivity index (χ1n) is 10.3. The zero-order valence-corrected chi connectivity index (χ0v) is 17.1. The summed E-state index contributed by atoms with van der Waals surface area (Å²) in [6.07, 6.45) is 1.30. The molecule has 31 heavy (non-hydrogen) atoms. The number of hydrogen-bond acceptors (Lipinski definition) is 4. The molecule has 5 nitrogen and oxygen atoms in total. The van der Waals surface area contributed by atoms with Gasteiger partial charge in [-0.25, -0.2) is 4.79 Å². The average molecular weight is 415 g/mol. The Hall–Kier alpha value is -3.73. The van der Waals surface area contributed by atoms with Gasteiger partial charge in [-0.1, -0.05) is 78.9 Å². The molecular weight excluding hydrogens is 390 g/mol. The number of nitrogens with one attached hydrogen (secondary N) is 1. The van der Waals surface area contributed by atoms with Crippen LogP contribution in [0.4, 0.5) is 0 Å². The Morgan fingerprint density at radius 1 is 0.806 bits per heavy atom. The van der Waals surface area contributed by atoms with Crippen LogP contribution in [0.2, 0.25) is 0 Å². The predicted molar refractivity (Wildman–Crippen MR) is 118 cm³/mol. The van der Waals surface area contributed by atoms with E-state index in [4.69, 9.17) is 4.74 Å². The van der Waals surface area contributed by atoms with E-state index in [0.29, 0.717) is 24.8 Å². The molecular formula is C26H25NO4. The molecule has 1 atom stereocenters. The van der Waals surface area contributed by atoms with Crippen LogP contribution in [0.1, 0.15) is 46.9 Å². The first kappa shape index (κ1) is 22.0. The Bertz CT molecular complexity index is 935. The van der Waals surface area contributed by atoms with E-state index in [-0.39, 0.29) is 5.91 Å². The number of aldehydes is 1. The van der Waals surface area contributed by atoms with Crippen molar-refractivity contribution in [2.75, 3.05) is 0 Å². The van der Waals surface area contributed by atoms with Crippen molar-refractivity contribution in [2.24, 2.45) is 0 Å². The highest BCUT2D eigenvalue weighted by atomic mass is 16.5. The van der Waals surface area contributed by atoms with Crippen LogP contribution in [0, 0.1) is 0 Å². The molecule has 0 fully saturated rings. The summed E-state index contributed by atoms with van der Waals surface area (Å²) in [5.74, 6) is -0.891. The predicted octanol–water partition coefficient (Wildman–Crippen LogP) is 4.49. The van der Waals surface area contributed by atoms with Gasteiger partial charge in [0.05, 0.1) is 0 Å². The molecule has 5 heteroatoms. The van der Waals surface area contributed by atoms with Crippen LogP contribution < -0.4 is 5.32 Å². The van der Waals surface area contributed by atoms with E-state index in [9.17, 15) is 14.4 Å². The quantitative estimate of drug-likeness (QED) is 0.301. The monoisotopic (exact) mass is 415 g/mol. The van der Waals surface area contributed by atoms with Gasteiger partial charge >= 0.3 is 5.97 Å². The summed E-state index contributed by atoms with van der Waals surface area (Å²) in [6, 6.07) is 26.8. The van der Waals surface area contributed by atoms with Crippen molar-refractivity contribution >= 4 is 18.2 Å². The van der Waals surface area contributed by atoms with Crippen molar-refractivity contribution in [3.8, 4) is 0 Å². The third kappa shape index (κ3) is 6.37. The topological polar surface area (TPSA) is 72.5 Å². The number of rotatable bonds is 10. The van der Waals surface area contributed by atoms with Crippen LogP contribution in [-0.4, -0.2) is 24.2 Å². The molecule has 0 saturated carbocycles. The fourth-order valence-electron chi connectivity index (χ4n) is 3.27. The molecule has 0 spiro atoms. The van der Waals surface area contributed by atoms with Gasteiger partial charge in [-0.2, -0.15) is 0 Å². The van der Waals surface area contributed by atoms with Crippen LogP contribution in [0.3, 0.4) is 0 Å². The third-order valence-corrected chi connectivity index (χ3v) is 4.88. The van der Waals surface area contributed by atoms with Gasteiger partial charge in [0.25, 0.3) is 5.91 Å². The second kappa shape index (κ2) is 11.5. The van der Waals surface area contributed by atoms with Crippen LogP contribution in [-0.2, 0) is 14.3 Å². The average Bonchev–Trinajstić information content (AvgIpc) is 2.83. The fourth-order valence-corrected chi connectivity index (χ4v) is 3.27. The van der Waals surface area contributed by atoms with Crippen molar-refractivity contribution in [1.82, 2.24) is 5.32 Å². The van der Waals surface area contributed by atoms with Gasteiger partial charge in [0.2, 0.25) is 0 Å². The zero-order valence-electron chi connectivity index (χ0n) is 17.1. The molecule has 0 aliphatic rings. The summed E-state index contributed by atoms with van der Waals surface area (Å²) in [5.41, 5.74) is 2.13. The minimum Gasteiger partial charge on any atom is -0.451 e. The van der Waals surface area contributed by atoms with Crippen LogP contribution in [0.5, 0.6) is 0 Å². The largest absolute Gasteiger partial charge is 0.451 e. The number of carbonyl (C=O) groups excluding carboxylic acids is 3. The highest BCUT2D eigenvalue weighted by Gasteiger charge is 2.27. The highest BCUT2D eigenvalue weighted by molar-refractivity contribution is 5.96. The van der Waals surface area contributed by atoms with E-state index in [0.717, 1.165) is 17.4 Å². The molecule has 1 amide bonds. The molecule has 1 N–H and O–H groups in total. The van der Waals surface area contributed by atoms with Gasteiger partial charge in [0.1, 0.15) is 12.3 Å². The molecule has 3 rings (SSSR count). The Balaban J connectivity index is 1.80. The van der Waals surface area contributed by atoms with Crippen LogP contribution in [0.25, 0.3) is 0 Å². The van der Waals surface area contributed by atoms with Gasteiger partial charge in [0.15, 0.2) is 6.10 Å². The van der Waals surface area contributed by atoms with Crippen molar-refractivity contribution in [3.05, 3.63) is 108 Å². The van der Waals surface area contributed by atoms with Gasteiger partial charge in [-0.05, 0) is 36.1 Å². The third-order valence-electron chi connectivity index (χ3n) is 4.88. The molecule has 0 saturated heterocycles. The summed E-state index contributed by atoms with van der Waals surface area (Å²) in [7, 11) is 0. The lowest BCUT2D eigenvalue weighted by Gasteiger charge is -2.23. The maximum Gasteiger partial charge on any atom is 0.329 e. The summed E-state index contributed by atoms with van der Waals surface area (Å²) in [6.45, 7) is 0. The number of esters is 1. The highest BCUT2D eigenvalue weighted by Crippen LogP contribution is 2.26. The molecule has 0 radical (unpaired) electrons. The molecule has 3 aromatic rings. The van der Waals surface area contributed by atoms with Gasteiger partial charge in [-0.15, -0.1) is 0 Å². The molecule has 0 heterocycles. The molecule has 0 aliphatic carbocycles. The van der Waals surface area contributed by atoms with Crippen LogP contribution in [0.15, 0.2) is 91.0 Å². The fraction of sp³-hybridized carbons (Fsp3) is 0.192. The Kier molecular flexibility index (Phi) is 8.12. The van der Waals surface area contributed by atoms with Crippen molar-refractivity contribution in [1.29, 1.82) is 0 Å². The minimum absolute atomic E-state index is 0.311. The van der Waals surface area contributed by atoms with Gasteiger partial charge in [-0.3, -0.25) is 4.79 Å². The maximum atomic E-state index is 13.1. The number of hydrogen-bond donors (Lipinski definition) is 1. The zero-order chi connectivity index (χ0) is 21.9. The number of unbranched alkanes of at least 4 members (excludes halogenated alkanes) is 1. The van der Waals surface area contributed by atoms with E-state index in [2.05, 4.69) is 5.32 Å². The molecule has 0 unspecified atom stereocenters. The normalized spacial score (nSPS) is 11.5. The van der Waals surface area contributed by atoms with Crippen molar-refractivity contribution in [2.45, 2.75) is 31.4 Å². The lowest BCUT2D eigenvalue weighted by Crippen LogP contribution is -2.42. The van der Waals surface area contributed by atoms with E-state index >= 15 is 0 Å². The Labute approximate surface area is 182 Å². The molecule has 0 aromatic heterocycles. The SMILES string of the molecule is O=CCCC[C@@H](NC(=O)c1ccccc1)C(=O)OC(c1ccccc1)c1ccccc1. The Morgan fingerprint density at radius 2 is 1.32 bits per heavy atom. The number of benzene rings is 3. The molecule has 0 aliphatic heterocycles. The van der Waals surface area contributed by atoms with Crippen molar-refractivity contribution < 1.29 is 19.1 Å². The summed E-state index contributed by atoms with van der Waals surface area (Å²) in [4.78, 5) is 36.5. The van der Waals surface area contributed by atoms with E-state index in [1.165, 1.54) is 0 Å². The summed E-state index contributed by atoms with van der Waals surface area (Å²) in [5, 5.41) is 2.77. The second-order valence-electron chi connectivity index (χ2n) is 7.13. The first-order valence-corrected chi connectivity index (χ1v) is 10.3. The van der Waals surface area contributed by atoms with E-state index < -0.39 is 18.1 Å². The standard InChI is InChI=1S/C26H25NO4/c28-19-11-10-18-23(27-25(29)22-16-8-3-9-17-22)26(30)31-24(20-12-4-1-5-13-20)21-14-6-2-7-15-21/h1-9,12-17,19,23-24H,10-11,18H2,(H,27,29)/t23-/m1/s1. The second-order valence-corrected chi connectivity index (χ2v) is 7.13. The van der Waals surface area contributed by atoms with Gasteiger partial charge < -0.3 is 14.8 Å². The summed E-state index contributed by atoms with van der Waals surface area (Å²) < 4.78 is 5.91. The van der Waals surface area contributed by atoms with E-state index in [1.807, 2.05) is 66.7 Å². The number of ether oxygens (including phenoxy) is 1. The van der Waals surface area contributed by atoms with Crippen molar-refractivity contribution in [3.63, 3.8) is 0 Å². The first-order chi connectivity index (χ1) is 15.2. The minimum atomic E-state index is -0.859. The molecule has 0 bridgehead atoms. The lowest BCUT2D eigenvalue weighted by molar-refractivity contribution is -0.150. The Morgan fingerprint density at radius 3 is 1.84 bits per heavy atom. The smallest absolute Gasteiger partial charge is 0.329 e. The van der Waals surface area contributed by atoms with Gasteiger partial charge in [0, 0.05) is 12.0 Å².